The molecule has 0 amide bonds. The number of benzene rings is 1. The van der Waals surface area contributed by atoms with E-state index in [4.69, 9.17) is 0 Å². The van der Waals surface area contributed by atoms with Crippen molar-refractivity contribution >= 4 is 12.4 Å². The Bertz CT molecular complexity index is 335. The van der Waals surface area contributed by atoms with Gasteiger partial charge in [-0.15, -0.1) is 25.6 Å². The minimum absolute atomic E-state index is 0. The maximum Gasteiger partial charge on any atom is 0.573 e. The Morgan fingerprint density at radius 2 is 1.75 bits per heavy atom. The van der Waals surface area contributed by atoms with Crippen LogP contribution in [0.5, 0.6) is 5.75 Å². The average molecular weight is 254 g/mol. The van der Waals surface area contributed by atoms with Gasteiger partial charge < -0.3 is 10.1 Å². The van der Waals surface area contributed by atoms with Crippen LogP contribution in [0.3, 0.4) is 0 Å². The highest BCUT2D eigenvalue weighted by atomic mass is 35.5. The first-order chi connectivity index (χ1) is 7.04. The highest BCUT2D eigenvalue weighted by Crippen LogP contribution is 2.27. The maximum atomic E-state index is 11.8. The Kier molecular flexibility index (Phi) is 4.04. The van der Waals surface area contributed by atoms with E-state index in [0.717, 1.165) is 18.5 Å². The Hall–Kier alpha value is -0.940. The van der Waals surface area contributed by atoms with Crippen molar-refractivity contribution in [3.8, 4) is 5.75 Å². The molecule has 1 atom stereocenters. The second-order valence-corrected chi connectivity index (χ2v) is 3.41. The molecule has 6 heteroatoms. The molecule has 0 spiro atoms. The fourth-order valence-electron chi connectivity index (χ4n) is 1.48. The van der Waals surface area contributed by atoms with Gasteiger partial charge in [-0.3, -0.25) is 0 Å². The van der Waals surface area contributed by atoms with E-state index in [1.807, 2.05) is 0 Å². The highest BCUT2D eigenvalue weighted by Gasteiger charge is 2.31. The van der Waals surface area contributed by atoms with Crippen molar-refractivity contribution in [2.45, 2.75) is 18.8 Å². The van der Waals surface area contributed by atoms with Crippen LogP contribution in [0.2, 0.25) is 0 Å². The molecule has 0 unspecified atom stereocenters. The normalized spacial score (nSPS) is 19.6. The smallest absolute Gasteiger partial charge is 0.406 e. The molecular weight excluding hydrogens is 243 g/mol. The molecule has 1 fully saturated rings. The molecule has 0 saturated carbocycles. The summed E-state index contributed by atoms with van der Waals surface area (Å²) in [5.74, 6) is -0.175. The lowest BCUT2D eigenvalue weighted by Crippen LogP contribution is -2.34. The van der Waals surface area contributed by atoms with Crippen molar-refractivity contribution in [2.24, 2.45) is 0 Å². The third-order valence-electron chi connectivity index (χ3n) is 2.34. The molecule has 1 saturated heterocycles. The first kappa shape index (κ1) is 13.1. The van der Waals surface area contributed by atoms with Crippen LogP contribution in [0.25, 0.3) is 0 Å². The third-order valence-corrected chi connectivity index (χ3v) is 2.34. The summed E-state index contributed by atoms with van der Waals surface area (Å²) in [5.41, 5.74) is 0.996. The lowest BCUT2D eigenvalue weighted by Gasteiger charge is -2.28. The average Bonchev–Trinajstić information content (AvgIpc) is 2.02. The zero-order valence-corrected chi connectivity index (χ0v) is 9.07. The summed E-state index contributed by atoms with van der Waals surface area (Å²) in [4.78, 5) is 0. The van der Waals surface area contributed by atoms with Gasteiger partial charge in [0, 0.05) is 6.04 Å². The summed E-state index contributed by atoms with van der Waals surface area (Å²) < 4.78 is 39.3. The molecule has 1 aliphatic rings. The largest absolute Gasteiger partial charge is 0.573 e. The molecule has 0 aromatic heterocycles. The Balaban J connectivity index is 0.00000128. The standard InChI is InChI=1S/C10H10F3NO.ClH/c11-10(12,13)15-8-3-1-7(2-4-8)9-5-6-14-9;/h1-4,9,14H,5-6H2;1H/t9-;/m1./s1. The molecule has 1 aromatic rings. The Morgan fingerprint density at radius 3 is 2.12 bits per heavy atom. The van der Waals surface area contributed by atoms with Crippen LogP contribution in [0.4, 0.5) is 13.2 Å². The molecule has 90 valence electrons. The molecule has 1 aliphatic heterocycles. The van der Waals surface area contributed by atoms with Crippen LogP contribution in [-0.4, -0.2) is 12.9 Å². The van der Waals surface area contributed by atoms with Gasteiger partial charge in [-0.25, -0.2) is 0 Å². The predicted molar refractivity (Wildman–Crippen MR) is 55.7 cm³/mol. The predicted octanol–water partition coefficient (Wildman–Crippen LogP) is 3.04. The van der Waals surface area contributed by atoms with E-state index >= 15 is 0 Å². The third kappa shape index (κ3) is 3.28. The summed E-state index contributed by atoms with van der Waals surface area (Å²) in [5, 5.41) is 3.17. The van der Waals surface area contributed by atoms with Gasteiger partial charge in [0.05, 0.1) is 0 Å². The number of nitrogens with one attached hydrogen (secondary N) is 1. The van der Waals surface area contributed by atoms with Crippen LogP contribution < -0.4 is 10.1 Å². The van der Waals surface area contributed by atoms with Gasteiger partial charge in [-0.1, -0.05) is 12.1 Å². The number of rotatable bonds is 2. The van der Waals surface area contributed by atoms with E-state index in [2.05, 4.69) is 10.1 Å². The van der Waals surface area contributed by atoms with E-state index in [9.17, 15) is 13.2 Å². The second kappa shape index (κ2) is 4.93. The van der Waals surface area contributed by atoms with Crippen LogP contribution in [-0.2, 0) is 0 Å². The highest BCUT2D eigenvalue weighted by molar-refractivity contribution is 5.85. The lowest BCUT2D eigenvalue weighted by atomic mass is 9.98. The minimum atomic E-state index is -4.61. The number of hydrogen-bond acceptors (Lipinski definition) is 2. The maximum absolute atomic E-state index is 11.8. The summed E-state index contributed by atoms with van der Waals surface area (Å²) in [6.07, 6.45) is -3.59. The topological polar surface area (TPSA) is 21.3 Å². The number of alkyl halides is 3. The van der Waals surface area contributed by atoms with Gasteiger partial charge in [-0.05, 0) is 30.7 Å². The van der Waals surface area contributed by atoms with Crippen LogP contribution in [0, 0.1) is 0 Å². The molecule has 0 radical (unpaired) electrons. The summed E-state index contributed by atoms with van der Waals surface area (Å²) in [7, 11) is 0. The fourth-order valence-corrected chi connectivity index (χ4v) is 1.48. The molecule has 2 rings (SSSR count). The first-order valence-corrected chi connectivity index (χ1v) is 4.64. The summed E-state index contributed by atoms with van der Waals surface area (Å²) >= 11 is 0. The quantitative estimate of drug-likeness (QED) is 0.875. The van der Waals surface area contributed by atoms with Crippen molar-refractivity contribution in [2.75, 3.05) is 6.54 Å². The van der Waals surface area contributed by atoms with Crippen molar-refractivity contribution < 1.29 is 17.9 Å². The van der Waals surface area contributed by atoms with E-state index < -0.39 is 6.36 Å². The van der Waals surface area contributed by atoms with E-state index in [1.165, 1.54) is 12.1 Å². The molecule has 0 aliphatic carbocycles. The van der Waals surface area contributed by atoms with Crippen LogP contribution in [0.1, 0.15) is 18.0 Å². The van der Waals surface area contributed by atoms with Gasteiger partial charge in [-0.2, -0.15) is 0 Å². The molecule has 2 nitrogen and oxygen atoms in total. The van der Waals surface area contributed by atoms with E-state index in [-0.39, 0.29) is 24.2 Å². The summed E-state index contributed by atoms with van der Waals surface area (Å²) in [6, 6.07) is 6.26. The molecule has 0 bridgehead atoms. The Labute approximate surface area is 97.2 Å². The van der Waals surface area contributed by atoms with Gasteiger partial charge >= 0.3 is 6.36 Å². The van der Waals surface area contributed by atoms with Crippen LogP contribution >= 0.6 is 12.4 Å². The second-order valence-electron chi connectivity index (χ2n) is 3.41. The number of halogens is 4. The molecule has 1 heterocycles. The van der Waals surface area contributed by atoms with Gasteiger partial charge in [0.2, 0.25) is 0 Å². The Morgan fingerprint density at radius 1 is 1.19 bits per heavy atom. The molecule has 1 aromatic carbocycles. The van der Waals surface area contributed by atoms with Crippen molar-refractivity contribution in [1.82, 2.24) is 5.32 Å². The number of ether oxygens (including phenoxy) is 1. The van der Waals surface area contributed by atoms with Crippen molar-refractivity contribution in [1.29, 1.82) is 0 Å². The molecular formula is C10H11ClF3NO. The minimum Gasteiger partial charge on any atom is -0.406 e. The van der Waals surface area contributed by atoms with E-state index in [0.29, 0.717) is 0 Å². The van der Waals surface area contributed by atoms with Crippen LogP contribution in [0.15, 0.2) is 24.3 Å². The fraction of sp³-hybridized carbons (Fsp3) is 0.400. The summed E-state index contributed by atoms with van der Waals surface area (Å²) in [6.45, 7) is 0.964. The first-order valence-electron chi connectivity index (χ1n) is 4.64. The monoisotopic (exact) mass is 253 g/mol. The van der Waals surface area contributed by atoms with Gasteiger partial charge in [0.25, 0.3) is 0 Å². The zero-order chi connectivity index (χ0) is 10.9. The lowest BCUT2D eigenvalue weighted by molar-refractivity contribution is -0.274. The molecule has 1 N–H and O–H groups in total. The zero-order valence-electron chi connectivity index (χ0n) is 8.25. The molecule has 16 heavy (non-hydrogen) atoms. The SMILES string of the molecule is Cl.FC(F)(F)Oc1ccc([C@H]2CCN2)cc1. The van der Waals surface area contributed by atoms with Gasteiger partial charge in [0.15, 0.2) is 0 Å². The van der Waals surface area contributed by atoms with Crippen molar-refractivity contribution in [3.05, 3.63) is 29.8 Å². The van der Waals surface area contributed by atoms with E-state index in [1.54, 1.807) is 12.1 Å². The van der Waals surface area contributed by atoms with Crippen molar-refractivity contribution in [3.63, 3.8) is 0 Å². The number of hydrogen-bond donors (Lipinski definition) is 1. The van der Waals surface area contributed by atoms with Gasteiger partial charge in [0.1, 0.15) is 5.75 Å².